The molecule has 0 spiro atoms. The van der Waals surface area contributed by atoms with Gasteiger partial charge in [0.15, 0.2) is 0 Å². The molecule has 0 atom stereocenters. The monoisotopic (exact) mass is 339 g/mol. The minimum Gasteiger partial charge on any atom is -0.354 e. The van der Waals surface area contributed by atoms with Crippen LogP contribution < -0.4 is 5.32 Å². The highest BCUT2D eigenvalue weighted by Crippen LogP contribution is 2.12. The molecule has 3 nitrogen and oxygen atoms in total. The van der Waals surface area contributed by atoms with E-state index >= 15 is 0 Å². The van der Waals surface area contributed by atoms with Crippen LogP contribution >= 0.6 is 11.6 Å². The molecule has 1 rings (SSSR count). The van der Waals surface area contributed by atoms with Crippen molar-refractivity contribution in [2.75, 3.05) is 11.9 Å². The SMILES string of the molecule is CCCCCCCCCCCCCCNc1nc(C)cc(Cl)n1. The lowest BCUT2D eigenvalue weighted by Crippen LogP contribution is -2.06. The molecule has 4 heteroatoms. The second-order valence-electron chi connectivity index (χ2n) is 6.47. The molecule has 0 aliphatic carbocycles. The Morgan fingerprint density at radius 2 is 1.35 bits per heavy atom. The van der Waals surface area contributed by atoms with Gasteiger partial charge in [0.2, 0.25) is 5.95 Å². The zero-order valence-corrected chi connectivity index (χ0v) is 15.8. The summed E-state index contributed by atoms with van der Waals surface area (Å²) in [4.78, 5) is 8.49. The van der Waals surface area contributed by atoms with Gasteiger partial charge in [-0.3, -0.25) is 0 Å². The molecular formula is C19H34ClN3. The van der Waals surface area contributed by atoms with Crippen LogP contribution in [0.3, 0.4) is 0 Å². The normalized spacial score (nSPS) is 10.9. The standard InChI is InChI=1S/C19H34ClN3/c1-3-4-5-6-7-8-9-10-11-12-13-14-15-21-19-22-17(2)16-18(20)23-19/h16H,3-15H2,1-2H3,(H,21,22,23). The lowest BCUT2D eigenvalue weighted by molar-refractivity contribution is 0.546. The topological polar surface area (TPSA) is 37.8 Å². The van der Waals surface area contributed by atoms with Crippen LogP contribution in [0, 0.1) is 6.92 Å². The first-order valence-electron chi connectivity index (χ1n) is 9.47. The second kappa shape index (κ2) is 13.6. The zero-order valence-electron chi connectivity index (χ0n) is 15.0. The van der Waals surface area contributed by atoms with Crippen molar-refractivity contribution in [3.63, 3.8) is 0 Å². The van der Waals surface area contributed by atoms with E-state index in [-0.39, 0.29) is 0 Å². The van der Waals surface area contributed by atoms with Crippen molar-refractivity contribution < 1.29 is 0 Å². The van der Waals surface area contributed by atoms with Crippen molar-refractivity contribution in [1.82, 2.24) is 9.97 Å². The van der Waals surface area contributed by atoms with Crippen molar-refractivity contribution in [2.24, 2.45) is 0 Å². The number of anilines is 1. The number of hydrogen-bond donors (Lipinski definition) is 1. The molecule has 0 unspecified atom stereocenters. The molecule has 0 bridgehead atoms. The van der Waals surface area contributed by atoms with E-state index in [1.165, 1.54) is 77.0 Å². The maximum atomic E-state index is 5.92. The first-order valence-corrected chi connectivity index (χ1v) is 9.85. The van der Waals surface area contributed by atoms with Gasteiger partial charge in [-0.05, 0) is 19.4 Å². The number of unbranched alkanes of at least 4 members (excludes halogenated alkanes) is 11. The van der Waals surface area contributed by atoms with Crippen LogP contribution in [0.15, 0.2) is 6.07 Å². The third kappa shape index (κ3) is 11.4. The lowest BCUT2D eigenvalue weighted by Gasteiger charge is -2.06. The number of nitrogens with zero attached hydrogens (tertiary/aromatic N) is 2. The Morgan fingerprint density at radius 3 is 1.87 bits per heavy atom. The molecule has 0 amide bonds. The van der Waals surface area contributed by atoms with Gasteiger partial charge in [-0.15, -0.1) is 0 Å². The van der Waals surface area contributed by atoms with Crippen LogP contribution in [0.4, 0.5) is 5.95 Å². The minimum absolute atomic E-state index is 0.509. The van der Waals surface area contributed by atoms with Crippen molar-refractivity contribution in [3.8, 4) is 0 Å². The summed E-state index contributed by atoms with van der Waals surface area (Å²) in [7, 11) is 0. The van der Waals surface area contributed by atoms with Gasteiger partial charge in [0.25, 0.3) is 0 Å². The largest absolute Gasteiger partial charge is 0.354 e. The van der Waals surface area contributed by atoms with Crippen molar-refractivity contribution in [2.45, 2.75) is 90.9 Å². The Hall–Kier alpha value is -0.830. The number of hydrogen-bond acceptors (Lipinski definition) is 3. The molecule has 1 aromatic heterocycles. The van der Waals surface area contributed by atoms with Gasteiger partial charge in [-0.1, -0.05) is 89.2 Å². The van der Waals surface area contributed by atoms with E-state index in [1.807, 2.05) is 6.92 Å². The molecule has 0 saturated heterocycles. The average molecular weight is 340 g/mol. The van der Waals surface area contributed by atoms with Crippen LogP contribution in [-0.4, -0.2) is 16.5 Å². The average Bonchev–Trinajstić information content (AvgIpc) is 2.51. The Balaban J connectivity index is 1.86. The van der Waals surface area contributed by atoms with Gasteiger partial charge in [0.1, 0.15) is 5.15 Å². The minimum atomic E-state index is 0.509. The molecule has 0 radical (unpaired) electrons. The van der Waals surface area contributed by atoms with E-state index < -0.39 is 0 Å². The maximum Gasteiger partial charge on any atom is 0.224 e. The Bertz CT molecular complexity index is 389. The number of halogens is 1. The molecule has 0 aliphatic heterocycles. The predicted octanol–water partition coefficient (Wildman–Crippen LogP) is 6.55. The van der Waals surface area contributed by atoms with Crippen molar-refractivity contribution >= 4 is 17.5 Å². The number of nitrogens with one attached hydrogen (secondary N) is 1. The molecule has 0 aliphatic rings. The predicted molar refractivity (Wildman–Crippen MR) is 101 cm³/mol. The Labute approximate surface area is 147 Å². The highest BCUT2D eigenvalue weighted by Gasteiger charge is 1.99. The van der Waals surface area contributed by atoms with Gasteiger partial charge in [-0.2, -0.15) is 0 Å². The first kappa shape index (κ1) is 20.2. The summed E-state index contributed by atoms with van der Waals surface area (Å²) in [5.41, 5.74) is 0.905. The lowest BCUT2D eigenvalue weighted by atomic mass is 10.1. The molecule has 0 aromatic carbocycles. The number of rotatable bonds is 14. The van der Waals surface area contributed by atoms with Crippen LogP contribution in [0.5, 0.6) is 0 Å². The fourth-order valence-corrected chi connectivity index (χ4v) is 3.01. The smallest absolute Gasteiger partial charge is 0.224 e. The van der Waals surface area contributed by atoms with E-state index in [2.05, 4.69) is 22.2 Å². The summed E-state index contributed by atoms with van der Waals surface area (Å²) in [5.74, 6) is 0.651. The fourth-order valence-electron chi connectivity index (χ4n) is 2.78. The van der Waals surface area contributed by atoms with Crippen LogP contribution in [0.1, 0.15) is 89.7 Å². The summed E-state index contributed by atoms with van der Waals surface area (Å²) in [5, 5.41) is 3.76. The molecule has 1 N–H and O–H groups in total. The number of aromatic nitrogens is 2. The van der Waals surface area contributed by atoms with Crippen LogP contribution in [-0.2, 0) is 0 Å². The molecule has 1 heterocycles. The maximum absolute atomic E-state index is 5.92. The van der Waals surface area contributed by atoms with E-state index in [1.54, 1.807) is 6.07 Å². The first-order chi connectivity index (χ1) is 11.2. The van der Waals surface area contributed by atoms with Crippen molar-refractivity contribution in [1.29, 1.82) is 0 Å². The quantitative estimate of drug-likeness (QED) is 0.308. The third-order valence-corrected chi connectivity index (χ3v) is 4.33. The van der Waals surface area contributed by atoms with E-state index in [0.29, 0.717) is 11.1 Å². The second-order valence-corrected chi connectivity index (χ2v) is 6.86. The summed E-state index contributed by atoms with van der Waals surface area (Å²) >= 11 is 5.92. The zero-order chi connectivity index (χ0) is 16.8. The van der Waals surface area contributed by atoms with E-state index in [4.69, 9.17) is 11.6 Å². The van der Waals surface area contributed by atoms with E-state index in [0.717, 1.165) is 12.2 Å². The van der Waals surface area contributed by atoms with E-state index in [9.17, 15) is 0 Å². The Kier molecular flexibility index (Phi) is 11.9. The molecule has 0 fully saturated rings. The van der Waals surface area contributed by atoms with Gasteiger partial charge < -0.3 is 5.32 Å². The van der Waals surface area contributed by atoms with Crippen LogP contribution in [0.25, 0.3) is 0 Å². The van der Waals surface area contributed by atoms with Gasteiger partial charge in [0.05, 0.1) is 0 Å². The van der Waals surface area contributed by atoms with Gasteiger partial charge in [0, 0.05) is 12.2 Å². The fraction of sp³-hybridized carbons (Fsp3) is 0.789. The highest BCUT2D eigenvalue weighted by molar-refractivity contribution is 6.29. The molecule has 1 aromatic rings. The molecular weight excluding hydrogens is 306 g/mol. The molecule has 0 saturated carbocycles. The summed E-state index contributed by atoms with van der Waals surface area (Å²) in [6, 6.07) is 1.77. The van der Waals surface area contributed by atoms with Crippen molar-refractivity contribution in [3.05, 3.63) is 16.9 Å². The summed E-state index contributed by atoms with van der Waals surface area (Å²) < 4.78 is 0. The summed E-state index contributed by atoms with van der Waals surface area (Å²) in [6.45, 7) is 5.14. The van der Waals surface area contributed by atoms with Gasteiger partial charge >= 0.3 is 0 Å². The third-order valence-electron chi connectivity index (χ3n) is 4.14. The summed E-state index contributed by atoms with van der Waals surface area (Å²) in [6.07, 6.45) is 16.5. The Morgan fingerprint density at radius 1 is 0.826 bits per heavy atom. The number of aryl methyl sites for hydroxylation is 1. The highest BCUT2D eigenvalue weighted by atomic mass is 35.5. The van der Waals surface area contributed by atoms with Gasteiger partial charge in [-0.25, -0.2) is 9.97 Å². The molecule has 132 valence electrons. The van der Waals surface area contributed by atoms with Crippen LogP contribution in [0.2, 0.25) is 5.15 Å². The molecule has 23 heavy (non-hydrogen) atoms.